The minimum Gasteiger partial charge on any atom is -0.359 e. The molecule has 4 nitrogen and oxygen atoms in total. The van der Waals surface area contributed by atoms with Crippen LogP contribution >= 0.6 is 12.6 Å². The lowest BCUT2D eigenvalue weighted by atomic mass is 10.1. The average Bonchev–Trinajstić information content (AvgIpc) is 2.50. The maximum absolute atomic E-state index is 11.3. The van der Waals surface area contributed by atoms with Crippen LogP contribution in [0, 0.1) is 0 Å². The topological polar surface area (TPSA) is 58.2 Å². The van der Waals surface area contributed by atoms with Crippen molar-refractivity contribution in [3.05, 3.63) is 0 Å². The summed E-state index contributed by atoms with van der Waals surface area (Å²) in [6, 6.07) is 0. The molecule has 0 aromatic heterocycles. The van der Waals surface area contributed by atoms with Crippen LogP contribution in [-0.2, 0) is 9.59 Å². The van der Waals surface area contributed by atoms with Gasteiger partial charge < -0.3 is 10.6 Å². The minimum absolute atomic E-state index is 0.147. The zero-order valence-electron chi connectivity index (χ0n) is 13.5. The number of carbonyl (C=O) groups is 2. The highest BCUT2D eigenvalue weighted by Crippen LogP contribution is 2.11. The van der Waals surface area contributed by atoms with E-state index in [0.717, 1.165) is 25.7 Å². The normalized spacial score (nSPS) is 10.4. The Hall–Kier alpha value is -0.710. The fraction of sp³-hybridized carbons (Fsp3) is 0.875. The van der Waals surface area contributed by atoms with Crippen LogP contribution in [0.3, 0.4) is 0 Å². The van der Waals surface area contributed by atoms with E-state index in [4.69, 9.17) is 0 Å². The summed E-state index contributed by atoms with van der Waals surface area (Å²) in [6.45, 7) is 0.669. The van der Waals surface area contributed by atoms with E-state index in [9.17, 15) is 9.59 Å². The Morgan fingerprint density at radius 3 is 1.62 bits per heavy atom. The van der Waals surface area contributed by atoms with Gasteiger partial charge in [0.15, 0.2) is 0 Å². The van der Waals surface area contributed by atoms with Crippen LogP contribution in [0.15, 0.2) is 0 Å². The third-order valence-electron chi connectivity index (χ3n) is 3.52. The molecule has 0 rings (SSSR count). The van der Waals surface area contributed by atoms with Gasteiger partial charge >= 0.3 is 0 Å². The van der Waals surface area contributed by atoms with Gasteiger partial charge in [-0.3, -0.25) is 9.59 Å². The first-order chi connectivity index (χ1) is 10.2. The van der Waals surface area contributed by atoms with Crippen molar-refractivity contribution in [2.45, 2.75) is 70.6 Å². The number of nitrogens with one attached hydrogen (secondary N) is 2. The van der Waals surface area contributed by atoms with Crippen molar-refractivity contribution in [2.24, 2.45) is 0 Å². The lowest BCUT2D eigenvalue weighted by Crippen LogP contribution is -2.24. The van der Waals surface area contributed by atoms with Gasteiger partial charge in [0, 0.05) is 32.2 Å². The molecule has 0 aliphatic rings. The molecule has 2 amide bonds. The second kappa shape index (κ2) is 15.7. The summed E-state index contributed by atoms with van der Waals surface area (Å²) in [5.41, 5.74) is 0. The van der Waals surface area contributed by atoms with E-state index >= 15 is 0 Å². The molecule has 0 fully saturated rings. The van der Waals surface area contributed by atoms with Crippen molar-refractivity contribution in [1.29, 1.82) is 0 Å². The van der Waals surface area contributed by atoms with Crippen LogP contribution < -0.4 is 10.6 Å². The van der Waals surface area contributed by atoms with Gasteiger partial charge in [-0.1, -0.05) is 44.9 Å². The molecule has 0 aromatic rings. The van der Waals surface area contributed by atoms with Gasteiger partial charge in [-0.2, -0.15) is 12.6 Å². The van der Waals surface area contributed by atoms with Gasteiger partial charge in [-0.05, 0) is 12.8 Å². The smallest absolute Gasteiger partial charge is 0.220 e. The van der Waals surface area contributed by atoms with E-state index in [-0.39, 0.29) is 11.8 Å². The third kappa shape index (κ3) is 15.5. The quantitative estimate of drug-likeness (QED) is 0.341. The summed E-state index contributed by atoms with van der Waals surface area (Å²) in [5, 5.41) is 5.48. The summed E-state index contributed by atoms with van der Waals surface area (Å²) in [5.74, 6) is 1.00. The van der Waals surface area contributed by atoms with Gasteiger partial charge in [0.1, 0.15) is 0 Å². The summed E-state index contributed by atoms with van der Waals surface area (Å²) in [7, 11) is 1.69. The Bertz CT molecular complexity index is 273. The molecule has 0 atom stereocenters. The van der Waals surface area contributed by atoms with Crippen molar-refractivity contribution >= 4 is 24.4 Å². The first-order valence-corrected chi connectivity index (χ1v) is 8.92. The highest BCUT2D eigenvalue weighted by atomic mass is 32.1. The zero-order chi connectivity index (χ0) is 15.8. The second-order valence-electron chi connectivity index (χ2n) is 5.43. The molecule has 0 aliphatic carbocycles. The van der Waals surface area contributed by atoms with E-state index in [1.165, 1.54) is 32.1 Å². The standard InChI is InChI=1S/C16H32N2O2S/c1-17-15(19)11-9-7-5-3-2-4-6-8-10-12-16(20)18-13-14-21/h21H,2-14H2,1H3,(H,17,19)(H,18,20). The van der Waals surface area contributed by atoms with E-state index < -0.39 is 0 Å². The predicted molar refractivity (Wildman–Crippen MR) is 91.7 cm³/mol. The van der Waals surface area contributed by atoms with Crippen molar-refractivity contribution in [2.75, 3.05) is 19.3 Å². The van der Waals surface area contributed by atoms with Crippen molar-refractivity contribution < 1.29 is 9.59 Å². The Kier molecular flexibility index (Phi) is 15.1. The largest absolute Gasteiger partial charge is 0.359 e. The molecule has 5 heteroatoms. The maximum atomic E-state index is 11.3. The summed E-state index contributed by atoms with van der Waals surface area (Å²) >= 11 is 4.05. The monoisotopic (exact) mass is 316 g/mol. The average molecular weight is 317 g/mol. The molecule has 0 saturated heterocycles. The SMILES string of the molecule is CNC(=O)CCCCCCCCCCCC(=O)NCCS. The Morgan fingerprint density at radius 1 is 0.762 bits per heavy atom. The number of rotatable bonds is 14. The molecular formula is C16H32N2O2S. The number of thiol groups is 1. The second-order valence-corrected chi connectivity index (χ2v) is 5.88. The Labute approximate surface area is 135 Å². The third-order valence-corrected chi connectivity index (χ3v) is 3.74. The zero-order valence-corrected chi connectivity index (χ0v) is 14.4. The number of hydrogen-bond donors (Lipinski definition) is 3. The Morgan fingerprint density at radius 2 is 1.19 bits per heavy atom. The summed E-state index contributed by atoms with van der Waals surface area (Å²) in [4.78, 5) is 22.3. The van der Waals surface area contributed by atoms with Crippen molar-refractivity contribution in [3.8, 4) is 0 Å². The van der Waals surface area contributed by atoms with Crippen LogP contribution in [0.25, 0.3) is 0 Å². The number of amides is 2. The molecule has 0 aliphatic heterocycles. The number of hydrogen-bond acceptors (Lipinski definition) is 3. The van der Waals surface area contributed by atoms with Crippen molar-refractivity contribution in [3.63, 3.8) is 0 Å². The predicted octanol–water partition coefficient (Wildman–Crippen LogP) is 3.07. The van der Waals surface area contributed by atoms with E-state index in [1.807, 2.05) is 0 Å². The molecule has 0 aromatic carbocycles. The number of carbonyl (C=O) groups excluding carboxylic acids is 2. The fourth-order valence-corrected chi connectivity index (χ4v) is 2.33. The first-order valence-electron chi connectivity index (χ1n) is 8.29. The van der Waals surface area contributed by atoms with Gasteiger partial charge in [0.05, 0.1) is 0 Å². The Balaban J connectivity index is 3.12. The minimum atomic E-state index is 0.147. The lowest BCUT2D eigenvalue weighted by molar-refractivity contribution is -0.121. The lowest BCUT2D eigenvalue weighted by Gasteiger charge is -2.04. The highest BCUT2D eigenvalue weighted by Gasteiger charge is 2.00. The highest BCUT2D eigenvalue weighted by molar-refractivity contribution is 7.80. The van der Waals surface area contributed by atoms with Gasteiger partial charge in [-0.15, -0.1) is 0 Å². The molecule has 0 radical (unpaired) electrons. The van der Waals surface area contributed by atoms with Crippen LogP contribution in [0.2, 0.25) is 0 Å². The molecule has 124 valence electrons. The maximum Gasteiger partial charge on any atom is 0.220 e. The van der Waals surface area contributed by atoms with E-state index in [2.05, 4.69) is 23.3 Å². The molecule has 0 spiro atoms. The van der Waals surface area contributed by atoms with Crippen LogP contribution in [0.5, 0.6) is 0 Å². The molecule has 2 N–H and O–H groups in total. The van der Waals surface area contributed by atoms with Crippen LogP contribution in [0.4, 0.5) is 0 Å². The fourth-order valence-electron chi connectivity index (χ4n) is 2.22. The molecular weight excluding hydrogens is 284 g/mol. The van der Waals surface area contributed by atoms with Crippen LogP contribution in [-0.4, -0.2) is 31.2 Å². The molecule has 0 heterocycles. The molecule has 0 bridgehead atoms. The molecule has 21 heavy (non-hydrogen) atoms. The van der Waals surface area contributed by atoms with E-state index in [1.54, 1.807) is 7.05 Å². The summed E-state index contributed by atoms with van der Waals surface area (Å²) < 4.78 is 0. The van der Waals surface area contributed by atoms with Gasteiger partial charge in [0.2, 0.25) is 11.8 Å². The summed E-state index contributed by atoms with van der Waals surface area (Å²) in [6.07, 6.45) is 11.8. The first kappa shape index (κ1) is 20.3. The van der Waals surface area contributed by atoms with Crippen LogP contribution in [0.1, 0.15) is 70.6 Å². The molecule has 0 saturated carbocycles. The van der Waals surface area contributed by atoms with E-state index in [0.29, 0.717) is 25.1 Å². The molecule has 0 unspecified atom stereocenters. The van der Waals surface area contributed by atoms with Gasteiger partial charge in [-0.25, -0.2) is 0 Å². The number of unbranched alkanes of at least 4 members (excludes halogenated alkanes) is 8. The van der Waals surface area contributed by atoms with Crippen molar-refractivity contribution in [1.82, 2.24) is 10.6 Å². The van der Waals surface area contributed by atoms with Gasteiger partial charge in [0.25, 0.3) is 0 Å².